The lowest BCUT2D eigenvalue weighted by molar-refractivity contribution is -0.145. The first kappa shape index (κ1) is 17.7. The number of hydrogen-bond acceptors (Lipinski definition) is 5. The number of aryl methyl sites for hydroxylation is 1. The van der Waals surface area contributed by atoms with Crippen molar-refractivity contribution in [2.75, 3.05) is 34.0 Å². The molecule has 1 N–H and O–H groups in total. The van der Waals surface area contributed by atoms with Gasteiger partial charge in [0.15, 0.2) is 0 Å². The number of nitrogens with zero attached hydrogens (tertiary/aromatic N) is 1. The molecule has 128 valence electrons. The van der Waals surface area contributed by atoms with Crippen molar-refractivity contribution in [1.82, 2.24) is 9.88 Å². The fraction of sp³-hybridized carbons (Fsp3) is 0.625. The van der Waals surface area contributed by atoms with E-state index in [0.29, 0.717) is 19.8 Å². The fourth-order valence-electron chi connectivity index (χ4n) is 2.77. The minimum Gasteiger partial charge on any atom is -0.378 e. The largest absolute Gasteiger partial charge is 0.378 e. The minimum atomic E-state index is -0.389. The summed E-state index contributed by atoms with van der Waals surface area (Å²) in [6.07, 6.45) is -0.321. The van der Waals surface area contributed by atoms with Crippen LogP contribution in [0.1, 0.15) is 16.1 Å². The van der Waals surface area contributed by atoms with Gasteiger partial charge < -0.3 is 24.1 Å². The molecule has 1 aromatic heterocycles. The lowest BCUT2D eigenvalue weighted by atomic mass is 9.96. The van der Waals surface area contributed by atoms with Crippen molar-refractivity contribution in [3.05, 3.63) is 33.7 Å². The number of rotatable bonds is 5. The number of nitrogens with one attached hydrogen (secondary N) is 1. The topological polar surface area (TPSA) is 78.8 Å². The molecular weight excluding hydrogens is 300 g/mol. The zero-order valence-electron chi connectivity index (χ0n) is 14.0. The molecule has 0 aromatic carbocycles. The summed E-state index contributed by atoms with van der Waals surface area (Å²) in [7, 11) is 4.87. The van der Waals surface area contributed by atoms with Gasteiger partial charge in [-0.3, -0.25) is 9.59 Å². The Morgan fingerprint density at radius 3 is 2.74 bits per heavy atom. The molecule has 1 saturated heterocycles. The Kier molecular flexibility index (Phi) is 5.92. The van der Waals surface area contributed by atoms with Gasteiger partial charge in [-0.15, -0.1) is 0 Å². The van der Waals surface area contributed by atoms with E-state index in [4.69, 9.17) is 14.2 Å². The molecule has 1 fully saturated rings. The molecule has 0 aliphatic carbocycles. The second-order valence-electron chi connectivity index (χ2n) is 5.73. The van der Waals surface area contributed by atoms with Gasteiger partial charge in [0.25, 0.3) is 11.5 Å². The monoisotopic (exact) mass is 324 g/mol. The number of amides is 1. The van der Waals surface area contributed by atoms with Gasteiger partial charge in [0.1, 0.15) is 11.7 Å². The zero-order chi connectivity index (χ0) is 17.0. The lowest BCUT2D eigenvalue weighted by Gasteiger charge is -2.36. The van der Waals surface area contributed by atoms with Crippen molar-refractivity contribution in [1.29, 1.82) is 0 Å². The maximum atomic E-state index is 12.3. The van der Waals surface area contributed by atoms with Crippen LogP contribution in [-0.2, 0) is 21.3 Å². The Bertz CT molecular complexity index is 613. The highest BCUT2D eigenvalue weighted by molar-refractivity contribution is 5.93. The molecule has 0 saturated carbocycles. The molecule has 1 amide bonds. The second kappa shape index (κ2) is 7.72. The van der Waals surface area contributed by atoms with Gasteiger partial charge in [-0.1, -0.05) is 0 Å². The van der Waals surface area contributed by atoms with Crippen LogP contribution < -0.4 is 10.9 Å². The molecule has 1 aromatic rings. The van der Waals surface area contributed by atoms with Gasteiger partial charge in [-0.2, -0.15) is 0 Å². The van der Waals surface area contributed by atoms with Gasteiger partial charge in [0.2, 0.25) is 0 Å². The second-order valence-corrected chi connectivity index (χ2v) is 5.73. The van der Waals surface area contributed by atoms with Gasteiger partial charge in [0, 0.05) is 39.4 Å². The third-order valence-corrected chi connectivity index (χ3v) is 4.34. The Morgan fingerprint density at radius 2 is 2.09 bits per heavy atom. The van der Waals surface area contributed by atoms with Gasteiger partial charge >= 0.3 is 0 Å². The number of methoxy groups -OCH3 is 2. The van der Waals surface area contributed by atoms with Crippen LogP contribution in [0.5, 0.6) is 0 Å². The van der Waals surface area contributed by atoms with Crippen molar-refractivity contribution in [3.63, 3.8) is 0 Å². The van der Waals surface area contributed by atoms with E-state index in [1.165, 1.54) is 4.57 Å². The third kappa shape index (κ3) is 3.80. The number of carbonyl (C=O) groups is 1. The SMILES string of the molecule is CO[C@H]1[C@H](CNC(=O)c2ccc(C)n(C)c2=O)COC[C@H]1OC. The minimum absolute atomic E-state index is 0.0306. The number of hydrogen-bond donors (Lipinski definition) is 1. The summed E-state index contributed by atoms with van der Waals surface area (Å²) >= 11 is 0. The molecule has 23 heavy (non-hydrogen) atoms. The predicted molar refractivity (Wildman–Crippen MR) is 84.7 cm³/mol. The Balaban J connectivity index is 2.04. The first-order chi connectivity index (χ1) is 11.0. The van der Waals surface area contributed by atoms with Crippen LogP contribution >= 0.6 is 0 Å². The van der Waals surface area contributed by atoms with Crippen LogP contribution in [0.3, 0.4) is 0 Å². The van der Waals surface area contributed by atoms with E-state index in [9.17, 15) is 9.59 Å². The van der Waals surface area contributed by atoms with Crippen LogP contribution in [0, 0.1) is 12.8 Å². The summed E-state index contributed by atoms with van der Waals surface area (Å²) in [6.45, 7) is 3.12. The van der Waals surface area contributed by atoms with Crippen LogP contribution in [0.4, 0.5) is 0 Å². The Labute approximate surface area is 135 Å². The molecule has 0 radical (unpaired) electrons. The molecular formula is C16H24N2O5. The van der Waals surface area contributed by atoms with Crippen molar-refractivity contribution in [3.8, 4) is 0 Å². The number of ether oxygens (including phenoxy) is 3. The standard InChI is InChI=1S/C16H24N2O5/c1-10-5-6-12(16(20)18(10)2)15(19)17-7-11-8-23-9-13(21-3)14(11)22-4/h5-6,11,13-14H,7-9H2,1-4H3,(H,17,19)/t11-,13-,14+/m1/s1. The van der Waals surface area contributed by atoms with Crippen LogP contribution in [0.15, 0.2) is 16.9 Å². The van der Waals surface area contributed by atoms with Crippen molar-refractivity contribution >= 4 is 5.91 Å². The highest BCUT2D eigenvalue weighted by atomic mass is 16.6. The Hall–Kier alpha value is -1.70. The first-order valence-electron chi connectivity index (χ1n) is 7.57. The molecule has 0 spiro atoms. The smallest absolute Gasteiger partial charge is 0.263 e. The van der Waals surface area contributed by atoms with E-state index in [1.54, 1.807) is 33.4 Å². The molecule has 1 aliphatic heterocycles. The van der Waals surface area contributed by atoms with Crippen molar-refractivity contribution in [2.24, 2.45) is 13.0 Å². The summed E-state index contributed by atoms with van der Waals surface area (Å²) in [5.41, 5.74) is 0.627. The summed E-state index contributed by atoms with van der Waals surface area (Å²) in [6, 6.07) is 3.30. The maximum absolute atomic E-state index is 12.3. The van der Waals surface area contributed by atoms with Gasteiger partial charge in [-0.25, -0.2) is 0 Å². The van der Waals surface area contributed by atoms with Gasteiger partial charge in [0.05, 0.1) is 19.3 Å². The number of carbonyl (C=O) groups excluding carboxylic acids is 1. The highest BCUT2D eigenvalue weighted by Gasteiger charge is 2.34. The molecule has 2 heterocycles. The van der Waals surface area contributed by atoms with E-state index < -0.39 is 0 Å². The van der Waals surface area contributed by atoms with E-state index >= 15 is 0 Å². The lowest BCUT2D eigenvalue weighted by Crippen LogP contribution is -2.50. The molecule has 0 unspecified atom stereocenters. The fourth-order valence-corrected chi connectivity index (χ4v) is 2.77. The summed E-state index contributed by atoms with van der Waals surface area (Å²) in [5.74, 6) is -0.419. The van der Waals surface area contributed by atoms with E-state index in [1.807, 2.05) is 6.92 Å². The number of pyridine rings is 1. The highest BCUT2D eigenvalue weighted by Crippen LogP contribution is 2.19. The molecule has 2 rings (SSSR count). The third-order valence-electron chi connectivity index (χ3n) is 4.34. The maximum Gasteiger partial charge on any atom is 0.263 e. The van der Waals surface area contributed by atoms with Crippen molar-refractivity contribution < 1.29 is 19.0 Å². The van der Waals surface area contributed by atoms with E-state index in [0.717, 1.165) is 5.69 Å². The zero-order valence-corrected chi connectivity index (χ0v) is 14.0. The average Bonchev–Trinajstić information content (AvgIpc) is 2.57. The molecule has 0 bridgehead atoms. The van der Waals surface area contributed by atoms with Crippen LogP contribution in [-0.4, -0.2) is 56.7 Å². The van der Waals surface area contributed by atoms with Gasteiger partial charge in [-0.05, 0) is 19.1 Å². The molecule has 7 heteroatoms. The summed E-state index contributed by atoms with van der Waals surface area (Å²) < 4.78 is 17.8. The van der Waals surface area contributed by atoms with Crippen LogP contribution in [0.2, 0.25) is 0 Å². The van der Waals surface area contributed by atoms with Crippen molar-refractivity contribution in [2.45, 2.75) is 19.1 Å². The number of aromatic nitrogens is 1. The molecule has 1 aliphatic rings. The molecule has 7 nitrogen and oxygen atoms in total. The predicted octanol–water partition coefficient (Wildman–Crippen LogP) is 0.0999. The quantitative estimate of drug-likeness (QED) is 0.831. The first-order valence-corrected chi connectivity index (χ1v) is 7.57. The van der Waals surface area contributed by atoms with E-state index in [-0.39, 0.29) is 35.2 Å². The van der Waals surface area contributed by atoms with E-state index in [2.05, 4.69) is 5.32 Å². The normalized spacial score (nSPS) is 24.4. The summed E-state index contributed by atoms with van der Waals surface area (Å²) in [4.78, 5) is 24.4. The molecule has 3 atom stereocenters. The summed E-state index contributed by atoms with van der Waals surface area (Å²) in [5, 5.41) is 2.80. The Morgan fingerprint density at radius 1 is 1.35 bits per heavy atom. The average molecular weight is 324 g/mol. The van der Waals surface area contributed by atoms with Crippen LogP contribution in [0.25, 0.3) is 0 Å².